The molecule has 0 bridgehead atoms. The first kappa shape index (κ1) is 9.98. The van der Waals surface area contributed by atoms with E-state index in [1.54, 1.807) is 25.1 Å². The summed E-state index contributed by atoms with van der Waals surface area (Å²) >= 11 is 5.86. The molecule has 0 aliphatic carbocycles. The smallest absolute Gasteiger partial charge is 0.159 e. The van der Waals surface area contributed by atoms with Crippen LogP contribution < -0.4 is 0 Å². The number of rotatable bonds is 1. The fourth-order valence-electron chi connectivity index (χ4n) is 1.20. The van der Waals surface area contributed by atoms with Crippen molar-refractivity contribution < 1.29 is 4.39 Å². The van der Waals surface area contributed by atoms with Gasteiger partial charge < -0.3 is 0 Å². The maximum absolute atomic E-state index is 13.4. The Bertz CT molecular complexity index is 502. The molecule has 0 fully saturated rings. The molecule has 1 aromatic heterocycles. The normalized spacial score (nSPS) is 10.3. The van der Waals surface area contributed by atoms with Crippen LogP contribution in [0.1, 0.15) is 5.82 Å². The van der Waals surface area contributed by atoms with Crippen molar-refractivity contribution in [3.05, 3.63) is 41.1 Å². The van der Waals surface area contributed by atoms with E-state index in [1.807, 2.05) is 0 Å². The van der Waals surface area contributed by atoms with E-state index >= 15 is 0 Å². The summed E-state index contributed by atoms with van der Waals surface area (Å²) in [6.45, 7) is 1.67. The van der Waals surface area contributed by atoms with Crippen molar-refractivity contribution in [1.82, 2.24) is 15.2 Å². The average molecular weight is 224 g/mol. The van der Waals surface area contributed by atoms with Crippen LogP contribution in [0.2, 0.25) is 5.15 Å². The molecule has 3 nitrogen and oxygen atoms in total. The van der Waals surface area contributed by atoms with Crippen LogP contribution in [0.4, 0.5) is 4.39 Å². The molecule has 15 heavy (non-hydrogen) atoms. The van der Waals surface area contributed by atoms with E-state index in [1.165, 1.54) is 6.07 Å². The monoisotopic (exact) mass is 223 g/mol. The molecule has 0 unspecified atom stereocenters. The molecule has 0 saturated heterocycles. The van der Waals surface area contributed by atoms with Crippen molar-refractivity contribution in [2.75, 3.05) is 0 Å². The first-order valence-electron chi connectivity index (χ1n) is 4.30. The number of hydrogen-bond donors (Lipinski definition) is 0. The van der Waals surface area contributed by atoms with Crippen molar-refractivity contribution in [3.63, 3.8) is 0 Å². The molecule has 0 spiro atoms. The Morgan fingerprint density at radius 1 is 1.20 bits per heavy atom. The highest BCUT2D eigenvalue weighted by Gasteiger charge is 2.11. The van der Waals surface area contributed by atoms with E-state index in [4.69, 9.17) is 11.6 Å². The molecule has 1 heterocycles. The van der Waals surface area contributed by atoms with Crippen LogP contribution >= 0.6 is 11.6 Å². The maximum Gasteiger partial charge on any atom is 0.159 e. The molecular formula is C10H7ClFN3. The fraction of sp³-hybridized carbons (Fsp3) is 0.100. The quantitative estimate of drug-likeness (QED) is 0.746. The lowest BCUT2D eigenvalue weighted by molar-refractivity contribution is 0.630. The van der Waals surface area contributed by atoms with Gasteiger partial charge in [0.15, 0.2) is 5.15 Å². The van der Waals surface area contributed by atoms with Gasteiger partial charge in [-0.05, 0) is 19.1 Å². The Hall–Kier alpha value is -1.55. The Morgan fingerprint density at radius 3 is 2.60 bits per heavy atom. The van der Waals surface area contributed by atoms with Crippen LogP contribution in [0.25, 0.3) is 11.3 Å². The van der Waals surface area contributed by atoms with Crippen LogP contribution in [-0.2, 0) is 0 Å². The van der Waals surface area contributed by atoms with Gasteiger partial charge in [0, 0.05) is 5.56 Å². The number of aryl methyl sites for hydroxylation is 1. The van der Waals surface area contributed by atoms with Gasteiger partial charge in [0.05, 0.1) is 0 Å². The number of hydrogen-bond acceptors (Lipinski definition) is 3. The van der Waals surface area contributed by atoms with Gasteiger partial charge >= 0.3 is 0 Å². The summed E-state index contributed by atoms with van der Waals surface area (Å²) in [6, 6.07) is 6.23. The van der Waals surface area contributed by atoms with Crippen LogP contribution in [0.15, 0.2) is 24.3 Å². The summed E-state index contributed by atoms with van der Waals surface area (Å²) in [7, 11) is 0. The zero-order valence-electron chi connectivity index (χ0n) is 7.91. The summed E-state index contributed by atoms with van der Waals surface area (Å²) in [5.74, 6) is 0.0689. The molecule has 0 radical (unpaired) electrons. The van der Waals surface area contributed by atoms with Crippen molar-refractivity contribution in [1.29, 1.82) is 0 Å². The van der Waals surface area contributed by atoms with Crippen LogP contribution in [0, 0.1) is 12.7 Å². The van der Waals surface area contributed by atoms with Gasteiger partial charge in [0.2, 0.25) is 0 Å². The zero-order chi connectivity index (χ0) is 10.8. The van der Waals surface area contributed by atoms with Gasteiger partial charge in [-0.3, -0.25) is 0 Å². The van der Waals surface area contributed by atoms with Crippen LogP contribution in [-0.4, -0.2) is 15.2 Å². The van der Waals surface area contributed by atoms with Gasteiger partial charge in [-0.15, -0.1) is 10.2 Å². The Kier molecular flexibility index (Phi) is 2.60. The third-order valence-electron chi connectivity index (χ3n) is 1.88. The van der Waals surface area contributed by atoms with Gasteiger partial charge in [0.25, 0.3) is 0 Å². The average Bonchev–Trinajstić information content (AvgIpc) is 2.20. The lowest BCUT2D eigenvalue weighted by Gasteiger charge is -2.03. The Morgan fingerprint density at radius 2 is 1.93 bits per heavy atom. The SMILES string of the molecule is Cc1nnc(-c2ccccc2F)c(Cl)n1. The highest BCUT2D eigenvalue weighted by Crippen LogP contribution is 2.25. The van der Waals surface area contributed by atoms with Crippen molar-refractivity contribution in [2.24, 2.45) is 0 Å². The van der Waals surface area contributed by atoms with Gasteiger partial charge in [-0.25, -0.2) is 9.37 Å². The highest BCUT2D eigenvalue weighted by molar-refractivity contribution is 6.31. The Balaban J connectivity index is 2.60. The van der Waals surface area contributed by atoms with E-state index in [0.29, 0.717) is 11.4 Å². The molecule has 76 valence electrons. The predicted molar refractivity (Wildman–Crippen MR) is 55.0 cm³/mol. The maximum atomic E-state index is 13.4. The van der Waals surface area contributed by atoms with E-state index in [0.717, 1.165) is 0 Å². The molecule has 2 rings (SSSR count). The third kappa shape index (κ3) is 1.94. The number of nitrogens with zero attached hydrogens (tertiary/aromatic N) is 3. The zero-order valence-corrected chi connectivity index (χ0v) is 8.66. The molecule has 0 atom stereocenters. The van der Waals surface area contributed by atoms with Crippen molar-refractivity contribution in [2.45, 2.75) is 6.92 Å². The molecule has 0 aliphatic heterocycles. The fourth-order valence-corrected chi connectivity index (χ4v) is 1.46. The second kappa shape index (κ2) is 3.90. The molecule has 1 aromatic carbocycles. The minimum atomic E-state index is -0.389. The van der Waals surface area contributed by atoms with Gasteiger partial charge in [-0.1, -0.05) is 23.7 Å². The summed E-state index contributed by atoms with van der Waals surface area (Å²) in [6.07, 6.45) is 0. The standard InChI is InChI=1S/C10H7ClFN3/c1-6-13-10(11)9(15-14-6)7-4-2-3-5-8(7)12/h2-5H,1H3. The molecular weight excluding hydrogens is 217 g/mol. The van der Waals surface area contributed by atoms with Crippen molar-refractivity contribution in [3.8, 4) is 11.3 Å². The Labute approximate surface area is 90.9 Å². The first-order valence-corrected chi connectivity index (χ1v) is 4.68. The van der Waals surface area contributed by atoms with Crippen molar-refractivity contribution >= 4 is 11.6 Å². The second-order valence-corrected chi connectivity index (χ2v) is 3.34. The minimum absolute atomic E-state index is 0.160. The number of aromatic nitrogens is 3. The number of benzene rings is 1. The molecule has 0 amide bonds. The van der Waals surface area contributed by atoms with Gasteiger partial charge in [-0.2, -0.15) is 0 Å². The summed E-state index contributed by atoms with van der Waals surface area (Å²) in [5.41, 5.74) is 0.572. The van der Waals surface area contributed by atoms with E-state index in [2.05, 4.69) is 15.2 Å². The van der Waals surface area contributed by atoms with Crippen LogP contribution in [0.3, 0.4) is 0 Å². The van der Waals surface area contributed by atoms with E-state index in [9.17, 15) is 4.39 Å². The minimum Gasteiger partial charge on any atom is -0.217 e. The summed E-state index contributed by atoms with van der Waals surface area (Å²) in [4.78, 5) is 3.92. The second-order valence-electron chi connectivity index (χ2n) is 2.98. The lowest BCUT2D eigenvalue weighted by Crippen LogP contribution is -1.97. The molecule has 0 saturated carbocycles. The summed E-state index contributed by atoms with van der Waals surface area (Å²) < 4.78 is 13.4. The summed E-state index contributed by atoms with van der Waals surface area (Å²) in [5, 5.41) is 7.73. The largest absolute Gasteiger partial charge is 0.217 e. The van der Waals surface area contributed by atoms with E-state index < -0.39 is 0 Å². The molecule has 2 aromatic rings. The van der Waals surface area contributed by atoms with E-state index in [-0.39, 0.29) is 16.7 Å². The molecule has 5 heteroatoms. The van der Waals surface area contributed by atoms with Gasteiger partial charge in [0.1, 0.15) is 17.3 Å². The predicted octanol–water partition coefficient (Wildman–Crippen LogP) is 2.64. The number of halogens is 2. The first-order chi connectivity index (χ1) is 7.18. The lowest BCUT2D eigenvalue weighted by atomic mass is 10.1. The topological polar surface area (TPSA) is 38.7 Å². The molecule has 0 aliphatic rings. The van der Waals surface area contributed by atoms with Crippen LogP contribution in [0.5, 0.6) is 0 Å². The third-order valence-corrected chi connectivity index (χ3v) is 2.14. The highest BCUT2D eigenvalue weighted by atomic mass is 35.5. The molecule has 0 N–H and O–H groups in total.